The molecule has 0 radical (unpaired) electrons. The molecule has 1 rings (SSSR count). The van der Waals surface area contributed by atoms with Crippen LogP contribution in [0.5, 0.6) is 0 Å². The summed E-state index contributed by atoms with van der Waals surface area (Å²) in [7, 11) is 0. The fraction of sp³-hybridized carbons (Fsp3) is 0.769. The summed E-state index contributed by atoms with van der Waals surface area (Å²) >= 11 is 0. The number of nitrogens with zero attached hydrogens (tertiary/aromatic N) is 1. The van der Waals surface area contributed by atoms with Gasteiger partial charge in [0, 0.05) is 24.9 Å². The zero-order chi connectivity index (χ0) is 12.0. The molecule has 0 atom stereocenters. The van der Waals surface area contributed by atoms with Crippen LogP contribution in [0.3, 0.4) is 0 Å². The van der Waals surface area contributed by atoms with Gasteiger partial charge in [-0.3, -0.25) is 0 Å². The molecular weight excluding hydrogens is 202 g/mol. The van der Waals surface area contributed by atoms with Crippen molar-refractivity contribution in [2.24, 2.45) is 5.92 Å². The molecule has 0 heterocycles. The normalized spacial score (nSPS) is 17.4. The van der Waals surface area contributed by atoms with Gasteiger partial charge in [-0.1, -0.05) is 26.7 Å². The van der Waals surface area contributed by atoms with Crippen molar-refractivity contribution in [3.63, 3.8) is 0 Å². The molecule has 92 valence electrons. The van der Waals surface area contributed by atoms with Crippen LogP contribution in [-0.4, -0.2) is 28.6 Å². The van der Waals surface area contributed by atoms with E-state index in [1.54, 1.807) is 6.20 Å². The maximum Gasteiger partial charge on any atom is 0.329 e. The van der Waals surface area contributed by atoms with Crippen molar-refractivity contribution in [1.29, 1.82) is 0 Å². The third-order valence-corrected chi connectivity index (χ3v) is 3.17. The smallest absolute Gasteiger partial charge is 0.329 e. The van der Waals surface area contributed by atoms with Crippen LogP contribution in [-0.2, 0) is 4.79 Å². The molecule has 0 aromatic heterocycles. The first-order valence-corrected chi connectivity index (χ1v) is 6.26. The van der Waals surface area contributed by atoms with E-state index in [-0.39, 0.29) is 0 Å². The number of hydrogen-bond donors (Lipinski definition) is 1. The average Bonchev–Trinajstić information content (AvgIpc) is 2.70. The topological polar surface area (TPSA) is 40.5 Å². The lowest BCUT2D eigenvalue weighted by molar-refractivity contribution is -0.131. The molecule has 16 heavy (non-hydrogen) atoms. The fourth-order valence-corrected chi connectivity index (χ4v) is 2.18. The zero-order valence-electron chi connectivity index (χ0n) is 10.4. The number of carboxylic acids is 1. The second-order valence-corrected chi connectivity index (χ2v) is 5.01. The van der Waals surface area contributed by atoms with Crippen LogP contribution >= 0.6 is 0 Å². The molecule has 0 aromatic rings. The largest absolute Gasteiger partial charge is 0.478 e. The highest BCUT2D eigenvalue weighted by Gasteiger charge is 2.20. The number of rotatable bonds is 6. The van der Waals surface area contributed by atoms with Crippen molar-refractivity contribution in [1.82, 2.24) is 4.90 Å². The van der Waals surface area contributed by atoms with Gasteiger partial charge in [-0.25, -0.2) is 4.79 Å². The van der Waals surface area contributed by atoms with Crippen molar-refractivity contribution in [2.75, 3.05) is 6.54 Å². The summed E-state index contributed by atoms with van der Waals surface area (Å²) in [6.07, 6.45) is 9.14. The van der Waals surface area contributed by atoms with Gasteiger partial charge in [-0.05, 0) is 25.2 Å². The summed E-state index contributed by atoms with van der Waals surface area (Å²) in [5.41, 5.74) is 0. The van der Waals surface area contributed by atoms with Gasteiger partial charge in [0.2, 0.25) is 0 Å². The van der Waals surface area contributed by atoms with Crippen LogP contribution in [0.4, 0.5) is 0 Å². The van der Waals surface area contributed by atoms with E-state index in [0.29, 0.717) is 12.0 Å². The first kappa shape index (κ1) is 13.1. The van der Waals surface area contributed by atoms with E-state index in [0.717, 1.165) is 13.0 Å². The highest BCUT2D eigenvalue weighted by atomic mass is 16.4. The van der Waals surface area contributed by atoms with Gasteiger partial charge in [0.15, 0.2) is 0 Å². The van der Waals surface area contributed by atoms with E-state index in [1.807, 2.05) is 0 Å². The SMILES string of the molecule is CC(C)CCN(C=CC(=O)O)C1CCCC1. The van der Waals surface area contributed by atoms with Gasteiger partial charge < -0.3 is 10.0 Å². The van der Waals surface area contributed by atoms with E-state index in [4.69, 9.17) is 5.11 Å². The molecule has 3 nitrogen and oxygen atoms in total. The minimum absolute atomic E-state index is 0.564. The summed E-state index contributed by atoms with van der Waals surface area (Å²) in [6.45, 7) is 5.38. The molecule has 0 bridgehead atoms. The molecular formula is C13H23NO2. The van der Waals surface area contributed by atoms with Crippen molar-refractivity contribution >= 4 is 5.97 Å². The summed E-state index contributed by atoms with van der Waals surface area (Å²) in [6, 6.07) is 0.564. The van der Waals surface area contributed by atoms with E-state index in [2.05, 4.69) is 18.7 Å². The maximum atomic E-state index is 10.5. The van der Waals surface area contributed by atoms with Gasteiger partial charge in [-0.15, -0.1) is 0 Å². The van der Waals surface area contributed by atoms with Crippen LogP contribution in [0.1, 0.15) is 46.0 Å². The predicted molar refractivity (Wildman–Crippen MR) is 65.2 cm³/mol. The highest BCUT2D eigenvalue weighted by Crippen LogP contribution is 2.24. The number of hydrogen-bond acceptors (Lipinski definition) is 2. The minimum Gasteiger partial charge on any atom is -0.478 e. The van der Waals surface area contributed by atoms with Gasteiger partial charge in [0.25, 0.3) is 0 Å². The van der Waals surface area contributed by atoms with Crippen LogP contribution in [0.25, 0.3) is 0 Å². The Labute approximate surface area is 98.1 Å². The van der Waals surface area contributed by atoms with E-state index < -0.39 is 5.97 Å². The molecule has 3 heteroatoms. The molecule has 1 fully saturated rings. The third-order valence-electron chi connectivity index (χ3n) is 3.17. The molecule has 1 aliphatic rings. The third kappa shape index (κ3) is 4.69. The Morgan fingerprint density at radius 1 is 1.44 bits per heavy atom. The molecule has 0 aromatic carbocycles. The molecule has 0 amide bonds. The Kier molecular flexibility index (Phi) is 5.36. The van der Waals surface area contributed by atoms with Gasteiger partial charge in [-0.2, -0.15) is 0 Å². The van der Waals surface area contributed by atoms with Crippen molar-refractivity contribution in [2.45, 2.75) is 52.0 Å². The summed E-state index contributed by atoms with van der Waals surface area (Å²) < 4.78 is 0. The first-order chi connectivity index (χ1) is 7.59. The molecule has 1 N–H and O–H groups in total. The quantitative estimate of drug-likeness (QED) is 0.707. The van der Waals surface area contributed by atoms with E-state index in [1.165, 1.54) is 31.8 Å². The van der Waals surface area contributed by atoms with Crippen LogP contribution in [0.15, 0.2) is 12.3 Å². The molecule has 1 saturated carbocycles. The number of carboxylic acid groups (broad SMARTS) is 1. The lowest BCUT2D eigenvalue weighted by Crippen LogP contribution is -2.30. The predicted octanol–water partition coefficient (Wildman–Crippen LogP) is 2.88. The minimum atomic E-state index is -0.854. The van der Waals surface area contributed by atoms with Crippen LogP contribution < -0.4 is 0 Å². The zero-order valence-corrected chi connectivity index (χ0v) is 10.4. The molecule has 0 spiro atoms. The Balaban J connectivity index is 2.49. The molecule has 0 aliphatic heterocycles. The number of aliphatic carboxylic acids is 1. The van der Waals surface area contributed by atoms with Crippen molar-refractivity contribution in [3.05, 3.63) is 12.3 Å². The Morgan fingerprint density at radius 3 is 2.56 bits per heavy atom. The van der Waals surface area contributed by atoms with Crippen LogP contribution in [0.2, 0.25) is 0 Å². The number of carbonyl (C=O) groups is 1. The summed E-state index contributed by atoms with van der Waals surface area (Å²) in [5, 5.41) is 8.67. The van der Waals surface area contributed by atoms with Gasteiger partial charge >= 0.3 is 5.97 Å². The molecule has 1 aliphatic carbocycles. The highest BCUT2D eigenvalue weighted by molar-refractivity contribution is 5.79. The van der Waals surface area contributed by atoms with Gasteiger partial charge in [0.05, 0.1) is 0 Å². The molecule has 0 unspecified atom stereocenters. The Morgan fingerprint density at radius 2 is 2.06 bits per heavy atom. The molecule has 0 saturated heterocycles. The lowest BCUT2D eigenvalue weighted by Gasteiger charge is -2.28. The summed E-state index contributed by atoms with van der Waals surface area (Å²) in [4.78, 5) is 12.8. The average molecular weight is 225 g/mol. The van der Waals surface area contributed by atoms with Crippen LogP contribution in [0, 0.1) is 5.92 Å². The van der Waals surface area contributed by atoms with Gasteiger partial charge in [0.1, 0.15) is 0 Å². The van der Waals surface area contributed by atoms with Crippen molar-refractivity contribution < 1.29 is 9.90 Å². The fourth-order valence-electron chi connectivity index (χ4n) is 2.18. The lowest BCUT2D eigenvalue weighted by atomic mass is 10.1. The second-order valence-electron chi connectivity index (χ2n) is 5.01. The summed E-state index contributed by atoms with van der Waals surface area (Å²) in [5.74, 6) is -0.185. The second kappa shape index (κ2) is 6.56. The van der Waals surface area contributed by atoms with Crippen molar-refractivity contribution in [3.8, 4) is 0 Å². The first-order valence-electron chi connectivity index (χ1n) is 6.26. The Bertz CT molecular complexity index is 242. The standard InChI is InChI=1S/C13H23NO2/c1-11(2)7-9-14(10-8-13(15)16)12-5-3-4-6-12/h8,10-12H,3-7,9H2,1-2H3,(H,15,16). The maximum absolute atomic E-state index is 10.5. The Hall–Kier alpha value is -0.990. The van der Waals surface area contributed by atoms with E-state index >= 15 is 0 Å². The monoisotopic (exact) mass is 225 g/mol. The van der Waals surface area contributed by atoms with E-state index in [9.17, 15) is 4.79 Å².